The smallest absolute Gasteiger partial charge is 0.407 e. The number of esters is 1. The highest BCUT2D eigenvalue weighted by atomic mass is 16.6. The van der Waals surface area contributed by atoms with Crippen LogP contribution in [-0.4, -0.2) is 109 Å². The Hall–Kier alpha value is -6.13. The number of hydrogen-bond acceptors (Lipinski definition) is 12. The van der Waals surface area contributed by atoms with E-state index in [2.05, 4.69) is 58.4 Å². The largest absolute Gasteiger partial charge is 0.494 e. The number of hydrazone groups is 1. The van der Waals surface area contributed by atoms with Crippen LogP contribution in [0.15, 0.2) is 114 Å². The normalized spacial score (nSPS) is 25.6. The van der Waals surface area contributed by atoms with Gasteiger partial charge in [-0.1, -0.05) is 79.3 Å². The summed E-state index contributed by atoms with van der Waals surface area (Å²) in [7, 11) is 0. The molecule has 1 unspecified atom stereocenters. The molecule has 0 saturated carbocycles. The average Bonchev–Trinajstić information content (AvgIpc) is 4.05. The number of fused-ring (bicyclic) bond motifs is 3. The van der Waals surface area contributed by atoms with E-state index in [1.54, 1.807) is 13.0 Å². The van der Waals surface area contributed by atoms with Crippen LogP contribution in [0, 0.1) is 5.92 Å². The number of benzene rings is 3. The number of alkyl carbamates (subject to hydrolysis) is 1. The molecule has 3 aromatic rings. The molecule has 0 bridgehead atoms. The highest BCUT2D eigenvalue weighted by Crippen LogP contribution is 2.45. The first kappa shape index (κ1) is 52.7. The van der Waals surface area contributed by atoms with E-state index in [0.717, 1.165) is 42.6 Å². The number of allylic oxidation sites excluding steroid dienone is 2. The molecule has 15 nitrogen and oxygen atoms in total. The molecular formula is C56H70N4O11. The Morgan fingerprint density at radius 1 is 0.915 bits per heavy atom. The summed E-state index contributed by atoms with van der Waals surface area (Å²) < 4.78 is 35.0. The summed E-state index contributed by atoms with van der Waals surface area (Å²) >= 11 is 0. The molecule has 3 amide bonds. The number of epoxide rings is 1. The number of carbonyl (C=O) groups is 4. The van der Waals surface area contributed by atoms with Crippen LogP contribution in [-0.2, 0) is 38.1 Å². The van der Waals surface area contributed by atoms with E-state index in [0.29, 0.717) is 44.9 Å². The fourth-order valence-electron chi connectivity index (χ4n) is 9.58. The molecule has 3 aromatic carbocycles. The number of rotatable bonds is 21. The first-order valence-corrected chi connectivity index (χ1v) is 25.0. The Kier molecular flexibility index (Phi) is 18.4. The van der Waals surface area contributed by atoms with Gasteiger partial charge in [-0.15, -0.1) is 0 Å². The van der Waals surface area contributed by atoms with Crippen LogP contribution in [0.4, 0.5) is 4.79 Å². The van der Waals surface area contributed by atoms with Crippen molar-refractivity contribution in [3.8, 4) is 16.9 Å². The minimum absolute atomic E-state index is 0.0306. The topological polar surface area (TPSA) is 196 Å². The molecule has 1 aliphatic carbocycles. The number of nitrogens with zero attached hydrogens (tertiary/aromatic N) is 1. The van der Waals surface area contributed by atoms with Crippen molar-refractivity contribution in [2.45, 2.75) is 141 Å². The molecule has 3 saturated heterocycles. The Morgan fingerprint density at radius 3 is 2.31 bits per heavy atom. The van der Waals surface area contributed by atoms with Gasteiger partial charge < -0.3 is 44.2 Å². The van der Waals surface area contributed by atoms with Gasteiger partial charge in [0.25, 0.3) is 0 Å². The lowest BCUT2D eigenvalue weighted by Crippen LogP contribution is -2.50. The minimum Gasteiger partial charge on any atom is -0.494 e. The van der Waals surface area contributed by atoms with Crippen molar-refractivity contribution in [3.63, 3.8) is 0 Å². The van der Waals surface area contributed by atoms with E-state index in [1.165, 1.54) is 35.3 Å². The van der Waals surface area contributed by atoms with Gasteiger partial charge in [0.1, 0.15) is 36.3 Å². The lowest BCUT2D eigenvalue weighted by Gasteiger charge is -2.39. The maximum absolute atomic E-state index is 13.1. The van der Waals surface area contributed by atoms with Gasteiger partial charge in [0.05, 0.1) is 49.7 Å². The van der Waals surface area contributed by atoms with Gasteiger partial charge in [-0.25, -0.2) is 10.2 Å². The molecule has 7 rings (SSSR count). The van der Waals surface area contributed by atoms with Gasteiger partial charge in [0.2, 0.25) is 11.8 Å². The van der Waals surface area contributed by atoms with Crippen molar-refractivity contribution < 1.29 is 52.7 Å². The molecule has 3 aliphatic heterocycles. The van der Waals surface area contributed by atoms with Crippen molar-refractivity contribution in [2.75, 3.05) is 26.4 Å². The second kappa shape index (κ2) is 24.8. The number of carbonyl (C=O) groups excluding carboxylic acids is 4. The number of aliphatic hydroxyl groups excluding tert-OH is 1. The van der Waals surface area contributed by atoms with Gasteiger partial charge in [-0.2, -0.15) is 5.10 Å². The highest BCUT2D eigenvalue weighted by molar-refractivity contribution is 5.99. The van der Waals surface area contributed by atoms with Crippen molar-refractivity contribution >= 4 is 29.6 Å². The Balaban J connectivity index is 0.774. The van der Waals surface area contributed by atoms with Gasteiger partial charge in [-0.3, -0.25) is 14.4 Å². The van der Waals surface area contributed by atoms with Crippen molar-refractivity contribution in [1.29, 1.82) is 0 Å². The molecule has 380 valence electrons. The molecule has 4 N–H and O–H groups in total. The fourth-order valence-corrected chi connectivity index (χ4v) is 9.58. The first-order valence-electron chi connectivity index (χ1n) is 25.0. The maximum Gasteiger partial charge on any atom is 0.407 e. The van der Waals surface area contributed by atoms with Crippen LogP contribution < -0.4 is 20.8 Å². The van der Waals surface area contributed by atoms with Crippen LogP contribution in [0.2, 0.25) is 0 Å². The van der Waals surface area contributed by atoms with Gasteiger partial charge in [0.15, 0.2) is 0 Å². The van der Waals surface area contributed by atoms with Crippen molar-refractivity contribution in [3.05, 3.63) is 125 Å². The highest BCUT2D eigenvalue weighted by Gasteiger charge is 2.58. The second-order valence-electron chi connectivity index (χ2n) is 19.3. The second-order valence-corrected chi connectivity index (χ2v) is 19.3. The lowest BCUT2D eigenvalue weighted by molar-refractivity contribution is -0.145. The third-order valence-electron chi connectivity index (χ3n) is 13.7. The van der Waals surface area contributed by atoms with Crippen LogP contribution in [0.5, 0.6) is 5.75 Å². The first-order chi connectivity index (χ1) is 34.2. The Bertz CT molecular complexity index is 2400. The van der Waals surface area contributed by atoms with Crippen LogP contribution >= 0.6 is 0 Å². The zero-order chi connectivity index (χ0) is 50.5. The maximum atomic E-state index is 13.1. The standard InChI is InChI=1S/C56H70N4O11/c1-35(18-25-50-36(2)30-49(39(5)70-50)58-52(62)27-20-37(3)69-40(6)61)19-26-51-54(64)56(34-68-56)32-43(71-51)31-53(63)60-59-38(4)41-21-23-42(24-22-41)66-29-13-7-12-28-57-55(65)67-33-48-46-16-10-8-14-44(46)45-15-9-11-17-47(45)48/h8-11,14-24,26-27,36-37,39,43,48-51,54,64H,7,12-13,25,28-34H2,1-6H3,(H,57,65)(H,58,62)(H,60,63)/b26-19+,27-20?,35-18+,59-38+/t36-,37?,39+,43+,49+,50-,51+,54+,56+/m0/s1. The van der Waals surface area contributed by atoms with E-state index in [1.807, 2.05) is 81.5 Å². The summed E-state index contributed by atoms with van der Waals surface area (Å²) in [5, 5.41) is 21.4. The summed E-state index contributed by atoms with van der Waals surface area (Å²) in [6.45, 7) is 12.6. The summed E-state index contributed by atoms with van der Waals surface area (Å²) in [4.78, 5) is 49.3. The third kappa shape index (κ3) is 14.7. The molecule has 15 heteroatoms. The van der Waals surface area contributed by atoms with Crippen molar-refractivity contribution in [1.82, 2.24) is 16.1 Å². The average molecular weight is 975 g/mol. The van der Waals surface area contributed by atoms with E-state index < -0.39 is 42.1 Å². The number of nitrogens with one attached hydrogen (secondary N) is 3. The molecule has 71 heavy (non-hydrogen) atoms. The molecule has 0 radical (unpaired) electrons. The molecule has 4 aliphatic rings. The number of unbranched alkanes of at least 4 members (excludes halogenated alkanes) is 2. The van der Waals surface area contributed by atoms with Gasteiger partial charge in [-0.05, 0) is 124 Å². The van der Waals surface area contributed by atoms with Crippen LogP contribution in [0.25, 0.3) is 11.1 Å². The number of aliphatic hydroxyl groups is 1. The zero-order valence-corrected chi connectivity index (χ0v) is 41.8. The number of hydrogen-bond donors (Lipinski definition) is 4. The summed E-state index contributed by atoms with van der Waals surface area (Å²) in [6.07, 6.45) is 9.96. The lowest BCUT2D eigenvalue weighted by atomic mass is 9.87. The van der Waals surface area contributed by atoms with E-state index in [9.17, 15) is 24.3 Å². The van der Waals surface area contributed by atoms with E-state index in [-0.39, 0.29) is 48.3 Å². The molecule has 3 fully saturated rings. The zero-order valence-electron chi connectivity index (χ0n) is 41.8. The fraction of sp³-hybridized carbons (Fsp3) is 0.482. The van der Waals surface area contributed by atoms with E-state index >= 15 is 0 Å². The minimum atomic E-state index is -0.876. The Morgan fingerprint density at radius 2 is 1.62 bits per heavy atom. The molecule has 1 spiro atoms. The Labute approximate surface area is 417 Å². The van der Waals surface area contributed by atoms with Gasteiger partial charge >= 0.3 is 12.1 Å². The monoisotopic (exact) mass is 975 g/mol. The summed E-state index contributed by atoms with van der Waals surface area (Å²) in [6, 6.07) is 23.9. The van der Waals surface area contributed by atoms with Crippen LogP contribution in [0.1, 0.15) is 109 Å². The number of ether oxygens (including phenoxy) is 6. The molecule has 3 heterocycles. The van der Waals surface area contributed by atoms with Crippen molar-refractivity contribution in [2.24, 2.45) is 11.0 Å². The SMILES string of the molecule is CC(=O)OC(C)C=CC(=O)N[C@@H]1C[C@H](C)[C@H](C/C=C(C)/C=C/[C@H]2O[C@H](CC(=O)N/N=C(\C)c3ccc(OCCCCCNC(=O)OCC4c5ccccc5-c5ccccc54)cc3)C[C@@]3(CO3)[C@@H]2O)O[C@@H]1C. The quantitative estimate of drug-likeness (QED) is 0.0154. The molecule has 0 aromatic heterocycles. The van der Waals surface area contributed by atoms with Crippen LogP contribution in [0.3, 0.4) is 0 Å². The predicted molar refractivity (Wildman–Crippen MR) is 270 cm³/mol. The van der Waals surface area contributed by atoms with Gasteiger partial charge in [0, 0.05) is 31.9 Å². The summed E-state index contributed by atoms with van der Waals surface area (Å²) in [5.41, 5.74) is 9.12. The van der Waals surface area contributed by atoms with E-state index in [4.69, 9.17) is 28.4 Å². The molecule has 9 atom stereocenters. The predicted octanol–water partition coefficient (Wildman–Crippen LogP) is 7.99. The number of amides is 3. The summed E-state index contributed by atoms with van der Waals surface area (Å²) in [5.74, 6) is -0.0429. The molecular weight excluding hydrogens is 905 g/mol. The third-order valence-corrected chi connectivity index (χ3v) is 13.7.